The van der Waals surface area contributed by atoms with E-state index in [1.54, 1.807) is 0 Å². The van der Waals surface area contributed by atoms with Crippen LogP contribution in [0.25, 0.3) is 37.9 Å². The molecule has 0 spiro atoms. The van der Waals surface area contributed by atoms with Crippen LogP contribution in [-0.2, 0) is 0 Å². The Morgan fingerprint density at radius 2 is 1.38 bits per heavy atom. The molecule has 0 unspecified atom stereocenters. The topological polar surface area (TPSA) is 0 Å². The van der Waals surface area contributed by atoms with Crippen LogP contribution in [0.1, 0.15) is 12.0 Å². The van der Waals surface area contributed by atoms with E-state index in [0.717, 1.165) is 6.42 Å². The second kappa shape index (κ2) is 3.95. The van der Waals surface area contributed by atoms with Gasteiger partial charge in [-0.3, -0.25) is 0 Å². The fourth-order valence-corrected chi connectivity index (χ4v) is 3.66. The molecule has 98 valence electrons. The molecule has 0 aliphatic heterocycles. The summed E-state index contributed by atoms with van der Waals surface area (Å²) in [6.45, 7) is 0. The predicted molar refractivity (Wildman–Crippen MR) is 91.9 cm³/mol. The molecule has 0 heterocycles. The van der Waals surface area contributed by atoms with E-state index < -0.39 is 0 Å². The van der Waals surface area contributed by atoms with Crippen molar-refractivity contribution in [1.29, 1.82) is 0 Å². The molecule has 4 aromatic rings. The molecule has 4 aromatic carbocycles. The van der Waals surface area contributed by atoms with Crippen molar-refractivity contribution in [3.63, 3.8) is 0 Å². The molecule has 0 bridgehead atoms. The van der Waals surface area contributed by atoms with Gasteiger partial charge in [0.25, 0.3) is 0 Å². The molecule has 1 aliphatic carbocycles. The van der Waals surface area contributed by atoms with Gasteiger partial charge in [0.05, 0.1) is 0 Å². The standard InChI is InChI=1S/C21H14/c1-2-5-14(4-1)18-12-10-17-9-8-15-6-3-7-16-11-13-19(18)21(17)20(15)16/h1-4,6-13H,5H2. The number of rotatable bonds is 1. The van der Waals surface area contributed by atoms with Crippen molar-refractivity contribution in [1.82, 2.24) is 0 Å². The van der Waals surface area contributed by atoms with Crippen molar-refractivity contribution >= 4 is 37.9 Å². The zero-order chi connectivity index (χ0) is 13.8. The molecule has 21 heavy (non-hydrogen) atoms. The summed E-state index contributed by atoms with van der Waals surface area (Å²) in [6, 6.07) is 20.1. The first-order chi connectivity index (χ1) is 10.4. The van der Waals surface area contributed by atoms with Gasteiger partial charge >= 0.3 is 0 Å². The van der Waals surface area contributed by atoms with Gasteiger partial charge in [-0.05, 0) is 49.9 Å². The maximum absolute atomic E-state index is 2.29. The minimum atomic E-state index is 1.05. The van der Waals surface area contributed by atoms with Crippen LogP contribution in [0, 0.1) is 0 Å². The number of benzene rings is 4. The summed E-state index contributed by atoms with van der Waals surface area (Å²) >= 11 is 0. The van der Waals surface area contributed by atoms with Gasteiger partial charge in [0.2, 0.25) is 0 Å². The van der Waals surface area contributed by atoms with Gasteiger partial charge in [0.15, 0.2) is 0 Å². The molecule has 0 atom stereocenters. The Morgan fingerprint density at radius 3 is 2.14 bits per heavy atom. The van der Waals surface area contributed by atoms with Crippen molar-refractivity contribution in [3.8, 4) is 0 Å². The van der Waals surface area contributed by atoms with Crippen LogP contribution >= 0.6 is 0 Å². The molecule has 0 N–H and O–H groups in total. The molecule has 5 rings (SSSR count). The third kappa shape index (κ3) is 1.45. The van der Waals surface area contributed by atoms with Gasteiger partial charge in [0.1, 0.15) is 0 Å². The second-order valence-corrected chi connectivity index (χ2v) is 5.79. The van der Waals surface area contributed by atoms with E-state index in [-0.39, 0.29) is 0 Å². The Morgan fingerprint density at radius 1 is 0.667 bits per heavy atom. The monoisotopic (exact) mass is 266 g/mol. The minimum Gasteiger partial charge on any atom is -0.0801 e. The van der Waals surface area contributed by atoms with E-state index >= 15 is 0 Å². The first-order valence-corrected chi connectivity index (χ1v) is 7.44. The molecule has 0 aromatic heterocycles. The lowest BCUT2D eigenvalue weighted by atomic mass is 9.89. The summed E-state index contributed by atoms with van der Waals surface area (Å²) < 4.78 is 0. The van der Waals surface area contributed by atoms with Gasteiger partial charge in [-0.1, -0.05) is 72.8 Å². The van der Waals surface area contributed by atoms with E-state index in [1.807, 2.05) is 0 Å². The molecule has 0 nitrogen and oxygen atoms in total. The van der Waals surface area contributed by atoms with Gasteiger partial charge in [-0.2, -0.15) is 0 Å². The zero-order valence-electron chi connectivity index (χ0n) is 11.6. The Bertz CT molecular complexity index is 1030. The lowest BCUT2D eigenvalue weighted by Gasteiger charge is -2.14. The lowest BCUT2D eigenvalue weighted by molar-refractivity contribution is 1.45. The van der Waals surface area contributed by atoms with Crippen LogP contribution in [-0.4, -0.2) is 0 Å². The third-order valence-electron chi connectivity index (χ3n) is 4.65. The summed E-state index contributed by atoms with van der Waals surface area (Å²) in [4.78, 5) is 0. The third-order valence-corrected chi connectivity index (χ3v) is 4.65. The Hall–Kier alpha value is -2.60. The molecule has 0 radical (unpaired) electrons. The first-order valence-electron chi connectivity index (χ1n) is 7.44. The minimum absolute atomic E-state index is 1.05. The van der Waals surface area contributed by atoms with E-state index in [0.29, 0.717) is 0 Å². The van der Waals surface area contributed by atoms with Gasteiger partial charge < -0.3 is 0 Å². The number of allylic oxidation sites excluding steroid dienone is 4. The van der Waals surface area contributed by atoms with Crippen molar-refractivity contribution in [3.05, 3.63) is 78.4 Å². The highest BCUT2D eigenvalue weighted by Crippen LogP contribution is 2.38. The fourth-order valence-electron chi connectivity index (χ4n) is 3.66. The molecule has 0 amide bonds. The van der Waals surface area contributed by atoms with Gasteiger partial charge in [-0.25, -0.2) is 0 Å². The first kappa shape index (κ1) is 11.1. The quantitative estimate of drug-likeness (QED) is 0.375. The van der Waals surface area contributed by atoms with E-state index in [2.05, 4.69) is 72.8 Å². The molecule has 0 saturated carbocycles. The largest absolute Gasteiger partial charge is 0.0801 e. The summed E-state index contributed by atoms with van der Waals surface area (Å²) in [7, 11) is 0. The second-order valence-electron chi connectivity index (χ2n) is 5.79. The summed E-state index contributed by atoms with van der Waals surface area (Å²) in [5, 5.41) is 8.20. The Kier molecular flexibility index (Phi) is 2.09. The molecule has 0 heteroatoms. The number of hydrogen-bond acceptors (Lipinski definition) is 0. The molecule has 1 aliphatic rings. The maximum Gasteiger partial charge on any atom is -0.00207 e. The van der Waals surface area contributed by atoms with E-state index in [1.165, 1.54) is 43.5 Å². The smallest absolute Gasteiger partial charge is 0.00207 e. The van der Waals surface area contributed by atoms with Crippen molar-refractivity contribution in [2.75, 3.05) is 0 Å². The average molecular weight is 266 g/mol. The van der Waals surface area contributed by atoms with E-state index in [9.17, 15) is 0 Å². The Balaban J connectivity index is 2.01. The fraction of sp³-hybridized carbons (Fsp3) is 0.0476. The SMILES string of the molecule is C1=CCC(c2ccc3ccc4cccc5ccc2c3c45)=C1. The van der Waals surface area contributed by atoms with Crippen molar-refractivity contribution < 1.29 is 0 Å². The molecule has 0 fully saturated rings. The zero-order valence-corrected chi connectivity index (χ0v) is 11.6. The molecular formula is C21H14. The summed E-state index contributed by atoms with van der Waals surface area (Å²) in [5.74, 6) is 0. The van der Waals surface area contributed by atoms with Crippen LogP contribution < -0.4 is 0 Å². The van der Waals surface area contributed by atoms with Crippen LogP contribution in [0.5, 0.6) is 0 Å². The summed E-state index contributed by atoms with van der Waals surface area (Å²) in [5.41, 5.74) is 2.80. The van der Waals surface area contributed by atoms with E-state index in [4.69, 9.17) is 0 Å². The highest BCUT2D eigenvalue weighted by atomic mass is 14.2. The van der Waals surface area contributed by atoms with Gasteiger partial charge in [-0.15, -0.1) is 0 Å². The normalized spacial score (nSPS) is 14.6. The van der Waals surface area contributed by atoms with Crippen LogP contribution in [0.3, 0.4) is 0 Å². The maximum atomic E-state index is 2.29. The number of hydrogen-bond donors (Lipinski definition) is 0. The predicted octanol–water partition coefficient (Wildman–Crippen LogP) is 5.93. The molecule has 0 saturated heterocycles. The van der Waals surface area contributed by atoms with Crippen LogP contribution in [0.4, 0.5) is 0 Å². The van der Waals surface area contributed by atoms with Crippen LogP contribution in [0.2, 0.25) is 0 Å². The van der Waals surface area contributed by atoms with Crippen LogP contribution in [0.15, 0.2) is 72.8 Å². The average Bonchev–Trinajstić information content (AvgIpc) is 3.07. The highest BCUT2D eigenvalue weighted by Gasteiger charge is 2.13. The summed E-state index contributed by atoms with van der Waals surface area (Å²) in [6.07, 6.45) is 7.68. The molecular weight excluding hydrogens is 252 g/mol. The van der Waals surface area contributed by atoms with Crippen molar-refractivity contribution in [2.45, 2.75) is 6.42 Å². The Labute approximate surface area is 123 Å². The highest BCUT2D eigenvalue weighted by molar-refractivity contribution is 6.24. The van der Waals surface area contributed by atoms with Crippen molar-refractivity contribution in [2.24, 2.45) is 0 Å². The lowest BCUT2D eigenvalue weighted by Crippen LogP contribution is -1.88. The van der Waals surface area contributed by atoms with Gasteiger partial charge in [0, 0.05) is 0 Å².